The predicted molar refractivity (Wildman–Crippen MR) is 96.0 cm³/mol. The Hall–Kier alpha value is -0.530. The lowest BCUT2D eigenvalue weighted by Gasteiger charge is -2.18. The molecule has 0 radical (unpaired) electrons. The molecule has 0 aliphatic heterocycles. The molecule has 22 heavy (non-hydrogen) atoms. The van der Waals surface area contributed by atoms with Gasteiger partial charge in [0.1, 0.15) is 4.90 Å². The summed E-state index contributed by atoms with van der Waals surface area (Å²) in [5, 5.41) is 0.207. The molecule has 0 saturated carbocycles. The second-order valence-electron chi connectivity index (χ2n) is 4.68. The van der Waals surface area contributed by atoms with Crippen LogP contribution in [0.2, 0.25) is 5.02 Å². The van der Waals surface area contributed by atoms with Crippen molar-refractivity contribution in [1.29, 1.82) is 0 Å². The van der Waals surface area contributed by atoms with Crippen molar-refractivity contribution in [3.63, 3.8) is 0 Å². The summed E-state index contributed by atoms with van der Waals surface area (Å²) in [7, 11) is -2.07. The van der Waals surface area contributed by atoms with Gasteiger partial charge in [0.2, 0.25) is 10.0 Å². The smallest absolute Gasteiger partial charge is 0.207 e. The van der Waals surface area contributed by atoms with Crippen molar-refractivity contribution in [2.24, 2.45) is 0 Å². The fourth-order valence-corrected chi connectivity index (χ4v) is 4.50. The van der Waals surface area contributed by atoms with Gasteiger partial charge in [0, 0.05) is 23.0 Å². The van der Waals surface area contributed by atoms with Crippen molar-refractivity contribution in [3.05, 3.63) is 57.5 Å². The normalized spacial score (nSPS) is 11.9. The molecule has 0 heterocycles. The van der Waals surface area contributed by atoms with Gasteiger partial charge in [-0.2, -0.15) is 4.31 Å². The van der Waals surface area contributed by atoms with Crippen molar-refractivity contribution < 1.29 is 8.42 Å². The molecule has 118 valence electrons. The van der Waals surface area contributed by atoms with Crippen LogP contribution < -0.4 is 0 Å². The molecule has 2 aromatic rings. The van der Waals surface area contributed by atoms with Crippen LogP contribution in [-0.4, -0.2) is 26.0 Å². The standard InChI is InChI=1S/C15H15BrClNO2S2/c1-18(10-11-3-6-13(21-2)7-4-11)22(19,20)15-8-5-12(16)9-14(15)17/h3-9H,10H2,1-2H3. The maximum Gasteiger partial charge on any atom is 0.244 e. The minimum atomic E-state index is -3.62. The van der Waals surface area contributed by atoms with Crippen LogP contribution in [-0.2, 0) is 16.6 Å². The molecule has 2 rings (SSSR count). The highest BCUT2D eigenvalue weighted by molar-refractivity contribution is 9.10. The molecule has 0 unspecified atom stereocenters. The van der Waals surface area contributed by atoms with E-state index in [0.29, 0.717) is 6.54 Å². The third kappa shape index (κ3) is 4.06. The minimum Gasteiger partial charge on any atom is -0.207 e. The van der Waals surface area contributed by atoms with Gasteiger partial charge in [-0.05, 0) is 42.2 Å². The van der Waals surface area contributed by atoms with Gasteiger partial charge in [0.05, 0.1) is 5.02 Å². The lowest BCUT2D eigenvalue weighted by molar-refractivity contribution is 0.466. The summed E-state index contributed by atoms with van der Waals surface area (Å²) in [6.07, 6.45) is 2.00. The fourth-order valence-electron chi connectivity index (χ4n) is 1.93. The molecule has 0 saturated heterocycles. The maximum atomic E-state index is 12.6. The highest BCUT2D eigenvalue weighted by Crippen LogP contribution is 2.28. The molecule has 0 spiro atoms. The maximum absolute atomic E-state index is 12.6. The zero-order valence-corrected chi connectivity index (χ0v) is 16.1. The van der Waals surface area contributed by atoms with Gasteiger partial charge >= 0.3 is 0 Å². The summed E-state index contributed by atoms with van der Waals surface area (Å²) in [4.78, 5) is 1.26. The topological polar surface area (TPSA) is 37.4 Å². The van der Waals surface area contributed by atoms with Gasteiger partial charge in [0.25, 0.3) is 0 Å². The number of thioether (sulfide) groups is 1. The Morgan fingerprint density at radius 2 is 1.82 bits per heavy atom. The quantitative estimate of drug-likeness (QED) is 0.661. The first-order valence-electron chi connectivity index (χ1n) is 6.39. The van der Waals surface area contributed by atoms with Gasteiger partial charge in [-0.1, -0.05) is 39.7 Å². The van der Waals surface area contributed by atoms with Crippen LogP contribution in [0.3, 0.4) is 0 Å². The van der Waals surface area contributed by atoms with E-state index in [1.165, 1.54) is 10.4 Å². The van der Waals surface area contributed by atoms with Crippen molar-refractivity contribution in [1.82, 2.24) is 4.31 Å². The third-order valence-electron chi connectivity index (χ3n) is 3.15. The Kier molecular flexibility index (Phi) is 5.96. The van der Waals surface area contributed by atoms with E-state index in [0.717, 1.165) is 14.9 Å². The minimum absolute atomic E-state index is 0.112. The summed E-state index contributed by atoms with van der Waals surface area (Å²) in [5.41, 5.74) is 0.928. The zero-order chi connectivity index (χ0) is 16.3. The Morgan fingerprint density at radius 3 is 2.36 bits per heavy atom. The summed E-state index contributed by atoms with van der Waals surface area (Å²) < 4.78 is 27.3. The van der Waals surface area contributed by atoms with Gasteiger partial charge in [-0.3, -0.25) is 0 Å². The Labute approximate surface area is 148 Å². The van der Waals surface area contributed by atoms with Gasteiger partial charge < -0.3 is 0 Å². The molecule has 2 aromatic carbocycles. The Bertz CT molecular complexity index is 764. The molecule has 0 N–H and O–H groups in total. The first kappa shape index (κ1) is 17.8. The highest BCUT2D eigenvalue weighted by atomic mass is 79.9. The Balaban J connectivity index is 2.24. The summed E-state index contributed by atoms with van der Waals surface area (Å²) in [6, 6.07) is 12.6. The molecule has 0 aliphatic carbocycles. The third-order valence-corrected chi connectivity index (χ3v) is 6.67. The number of halogens is 2. The van der Waals surface area contributed by atoms with E-state index >= 15 is 0 Å². The van der Waals surface area contributed by atoms with E-state index in [1.807, 2.05) is 30.5 Å². The number of rotatable bonds is 5. The SMILES string of the molecule is CSc1ccc(CN(C)S(=O)(=O)c2ccc(Br)cc2Cl)cc1. The van der Waals surface area contributed by atoms with Gasteiger partial charge in [-0.15, -0.1) is 11.8 Å². The van der Waals surface area contributed by atoms with Crippen LogP contribution in [0.4, 0.5) is 0 Å². The van der Waals surface area contributed by atoms with E-state index < -0.39 is 10.0 Å². The molecule has 0 bridgehead atoms. The van der Waals surface area contributed by atoms with Crippen LogP contribution in [0, 0.1) is 0 Å². The number of hydrogen-bond acceptors (Lipinski definition) is 3. The molecule has 0 aliphatic rings. The van der Waals surface area contributed by atoms with Gasteiger partial charge in [0.15, 0.2) is 0 Å². The van der Waals surface area contributed by atoms with Gasteiger partial charge in [-0.25, -0.2) is 8.42 Å². The van der Waals surface area contributed by atoms with E-state index in [2.05, 4.69) is 15.9 Å². The largest absolute Gasteiger partial charge is 0.244 e. The average Bonchev–Trinajstić information content (AvgIpc) is 2.47. The molecular formula is C15H15BrClNO2S2. The molecule has 7 heteroatoms. The highest BCUT2D eigenvalue weighted by Gasteiger charge is 2.23. The number of nitrogens with zero attached hydrogens (tertiary/aromatic N) is 1. The molecule has 0 aromatic heterocycles. The number of hydrogen-bond donors (Lipinski definition) is 0. The molecule has 0 fully saturated rings. The molecule has 0 atom stereocenters. The summed E-state index contributed by atoms with van der Waals surface area (Å²) in [6.45, 7) is 0.295. The Morgan fingerprint density at radius 1 is 1.18 bits per heavy atom. The summed E-state index contributed by atoms with van der Waals surface area (Å²) in [5.74, 6) is 0. The first-order valence-corrected chi connectivity index (χ1v) is 10.2. The molecule has 3 nitrogen and oxygen atoms in total. The molecular weight excluding hydrogens is 406 g/mol. The number of sulfonamides is 1. The predicted octanol–water partition coefficient (Wildman–Crippen LogP) is 4.65. The summed E-state index contributed by atoms with van der Waals surface area (Å²) >= 11 is 11.0. The average molecular weight is 421 g/mol. The second kappa shape index (κ2) is 7.36. The van der Waals surface area contributed by atoms with E-state index in [1.54, 1.807) is 30.9 Å². The van der Waals surface area contributed by atoms with Crippen LogP contribution in [0.5, 0.6) is 0 Å². The van der Waals surface area contributed by atoms with E-state index in [-0.39, 0.29) is 9.92 Å². The van der Waals surface area contributed by atoms with Crippen LogP contribution in [0.1, 0.15) is 5.56 Å². The lowest BCUT2D eigenvalue weighted by atomic mass is 10.2. The van der Waals surface area contributed by atoms with Crippen molar-refractivity contribution in [2.75, 3.05) is 13.3 Å². The van der Waals surface area contributed by atoms with Crippen molar-refractivity contribution >= 4 is 49.3 Å². The lowest BCUT2D eigenvalue weighted by Crippen LogP contribution is -2.26. The second-order valence-corrected chi connectivity index (χ2v) is 8.90. The van der Waals surface area contributed by atoms with Crippen LogP contribution >= 0.6 is 39.3 Å². The monoisotopic (exact) mass is 419 g/mol. The molecule has 0 amide bonds. The first-order chi connectivity index (χ1) is 10.3. The van der Waals surface area contributed by atoms with Crippen molar-refractivity contribution in [3.8, 4) is 0 Å². The number of benzene rings is 2. The van der Waals surface area contributed by atoms with E-state index in [9.17, 15) is 8.42 Å². The van der Waals surface area contributed by atoms with E-state index in [4.69, 9.17) is 11.6 Å². The zero-order valence-electron chi connectivity index (χ0n) is 12.1. The van der Waals surface area contributed by atoms with Crippen molar-refractivity contribution in [2.45, 2.75) is 16.3 Å². The van der Waals surface area contributed by atoms with Crippen LogP contribution in [0.15, 0.2) is 56.7 Å². The fraction of sp³-hybridized carbons (Fsp3) is 0.200. The van der Waals surface area contributed by atoms with Crippen LogP contribution in [0.25, 0.3) is 0 Å².